The Morgan fingerprint density at radius 3 is 2.86 bits per heavy atom. The van der Waals surface area contributed by atoms with Crippen LogP contribution in [0.5, 0.6) is 0 Å². The summed E-state index contributed by atoms with van der Waals surface area (Å²) >= 11 is 13.3. The number of rotatable bonds is 6. The number of likely N-dealkylation sites (tertiary alicyclic amines) is 1. The molecule has 2 heterocycles. The molecule has 9 heteroatoms. The van der Waals surface area contributed by atoms with Gasteiger partial charge in [-0.3, -0.25) is 9.59 Å². The maximum absolute atomic E-state index is 12.9. The van der Waals surface area contributed by atoms with E-state index in [2.05, 4.69) is 15.6 Å². The molecule has 0 unspecified atom stereocenters. The van der Waals surface area contributed by atoms with Gasteiger partial charge in [0.15, 0.2) is 5.13 Å². The molecule has 1 fully saturated rings. The monoisotopic (exact) mass is 440 g/mol. The van der Waals surface area contributed by atoms with Gasteiger partial charge < -0.3 is 15.5 Å². The maximum atomic E-state index is 12.9. The molecule has 1 aromatic carbocycles. The third-order valence-corrected chi connectivity index (χ3v) is 6.21. The maximum Gasteiger partial charge on any atom is 0.274 e. The lowest BCUT2D eigenvalue weighted by Gasteiger charge is -2.24. The smallest absolute Gasteiger partial charge is 0.274 e. The number of halogens is 2. The van der Waals surface area contributed by atoms with Gasteiger partial charge in [-0.1, -0.05) is 30.1 Å². The summed E-state index contributed by atoms with van der Waals surface area (Å²) in [5.41, 5.74) is 1.06. The van der Waals surface area contributed by atoms with Gasteiger partial charge in [0.2, 0.25) is 5.91 Å². The molecule has 0 bridgehead atoms. The molecule has 6 nitrogen and oxygen atoms in total. The van der Waals surface area contributed by atoms with Crippen molar-refractivity contribution in [2.45, 2.75) is 45.2 Å². The Morgan fingerprint density at radius 1 is 1.36 bits per heavy atom. The summed E-state index contributed by atoms with van der Waals surface area (Å²) in [6, 6.07) is 4.83. The Kier molecular flexibility index (Phi) is 6.80. The average Bonchev–Trinajstić information content (AvgIpc) is 3.33. The zero-order valence-corrected chi connectivity index (χ0v) is 18.0. The Morgan fingerprint density at radius 2 is 2.14 bits per heavy atom. The van der Waals surface area contributed by atoms with Crippen molar-refractivity contribution in [1.82, 2.24) is 15.2 Å². The van der Waals surface area contributed by atoms with Crippen molar-refractivity contribution in [1.29, 1.82) is 0 Å². The van der Waals surface area contributed by atoms with E-state index in [0.29, 0.717) is 33.8 Å². The number of anilines is 2. The van der Waals surface area contributed by atoms with E-state index in [1.807, 2.05) is 13.8 Å². The number of thiazole rings is 1. The lowest BCUT2D eigenvalue weighted by atomic mass is 10.1. The number of amides is 2. The zero-order chi connectivity index (χ0) is 20.3. The highest BCUT2D eigenvalue weighted by molar-refractivity contribution is 7.14. The van der Waals surface area contributed by atoms with E-state index in [-0.39, 0.29) is 17.9 Å². The van der Waals surface area contributed by atoms with Crippen molar-refractivity contribution in [2.24, 2.45) is 0 Å². The summed E-state index contributed by atoms with van der Waals surface area (Å²) in [4.78, 5) is 31.4. The molecule has 1 aliphatic rings. The average molecular weight is 441 g/mol. The molecular weight excluding hydrogens is 419 g/mol. The highest BCUT2D eigenvalue weighted by atomic mass is 35.5. The highest BCUT2D eigenvalue weighted by Gasteiger charge is 2.35. The van der Waals surface area contributed by atoms with Crippen LogP contribution >= 0.6 is 34.5 Å². The molecule has 1 aliphatic heterocycles. The second-order valence-corrected chi connectivity index (χ2v) is 8.44. The number of carbonyl (C=O) groups excluding carboxylic acids is 2. The first-order chi connectivity index (χ1) is 13.4. The Balaban J connectivity index is 1.69. The molecule has 0 aliphatic carbocycles. The molecule has 2 amide bonds. The van der Waals surface area contributed by atoms with Gasteiger partial charge in [-0.2, -0.15) is 0 Å². The van der Waals surface area contributed by atoms with Gasteiger partial charge in [-0.25, -0.2) is 4.98 Å². The van der Waals surface area contributed by atoms with Gasteiger partial charge >= 0.3 is 0 Å². The quantitative estimate of drug-likeness (QED) is 0.681. The number of nitrogens with zero attached hydrogens (tertiary/aromatic N) is 2. The fourth-order valence-electron chi connectivity index (χ4n) is 3.00. The van der Waals surface area contributed by atoms with Crippen LogP contribution in [0, 0.1) is 0 Å². The minimum atomic E-state index is -0.435. The van der Waals surface area contributed by atoms with Crippen LogP contribution in [0.2, 0.25) is 10.0 Å². The summed E-state index contributed by atoms with van der Waals surface area (Å²) in [5, 5.41) is 9.27. The van der Waals surface area contributed by atoms with Crippen molar-refractivity contribution < 1.29 is 9.59 Å². The van der Waals surface area contributed by atoms with Crippen LogP contribution in [0.4, 0.5) is 10.8 Å². The van der Waals surface area contributed by atoms with E-state index in [1.54, 1.807) is 28.5 Å². The van der Waals surface area contributed by atoms with Crippen LogP contribution in [0.25, 0.3) is 0 Å². The van der Waals surface area contributed by atoms with E-state index >= 15 is 0 Å². The van der Waals surface area contributed by atoms with E-state index in [9.17, 15) is 9.59 Å². The predicted octanol–water partition coefficient (Wildman–Crippen LogP) is 4.71. The molecule has 28 heavy (non-hydrogen) atoms. The molecule has 1 aromatic heterocycles. The number of hydrogen-bond donors (Lipinski definition) is 2. The molecule has 150 valence electrons. The van der Waals surface area contributed by atoms with E-state index in [4.69, 9.17) is 23.2 Å². The van der Waals surface area contributed by atoms with Crippen molar-refractivity contribution >= 4 is 57.2 Å². The minimum absolute atomic E-state index is 0.0892. The number of benzene rings is 1. The van der Waals surface area contributed by atoms with Crippen LogP contribution in [0.3, 0.4) is 0 Å². The van der Waals surface area contributed by atoms with E-state index in [1.165, 1.54) is 11.3 Å². The summed E-state index contributed by atoms with van der Waals surface area (Å²) in [6.07, 6.45) is 2.33. The SMILES string of the molecule is CC[C@H](C)NC(=O)[C@H]1CCCN1C(=O)c1csc(Nc2ccc(Cl)c(Cl)c2)n1. The van der Waals surface area contributed by atoms with Crippen molar-refractivity contribution in [3.05, 3.63) is 39.3 Å². The molecule has 2 aromatic rings. The van der Waals surface area contributed by atoms with Crippen LogP contribution in [-0.2, 0) is 4.79 Å². The standard InChI is InChI=1S/C19H22Cl2N4O2S/c1-3-11(2)22-17(26)16-5-4-8-25(16)18(27)15-10-28-19(24-15)23-12-6-7-13(20)14(21)9-12/h6-7,9-11,16H,3-5,8H2,1-2H3,(H,22,26)(H,23,24)/t11-,16+/m0/s1. The van der Waals surface area contributed by atoms with E-state index < -0.39 is 6.04 Å². The second kappa shape index (κ2) is 9.11. The van der Waals surface area contributed by atoms with Crippen LogP contribution in [-0.4, -0.2) is 40.3 Å². The topological polar surface area (TPSA) is 74.3 Å². The summed E-state index contributed by atoms with van der Waals surface area (Å²) in [7, 11) is 0. The molecule has 1 saturated heterocycles. The van der Waals surface area contributed by atoms with Crippen LogP contribution in [0.1, 0.15) is 43.6 Å². The van der Waals surface area contributed by atoms with Gasteiger partial charge in [0, 0.05) is 23.7 Å². The van der Waals surface area contributed by atoms with Crippen molar-refractivity contribution in [3.63, 3.8) is 0 Å². The summed E-state index contributed by atoms with van der Waals surface area (Å²) in [5.74, 6) is -0.315. The largest absolute Gasteiger partial charge is 0.352 e. The van der Waals surface area contributed by atoms with E-state index in [0.717, 1.165) is 18.5 Å². The number of aromatic nitrogens is 1. The molecule has 0 radical (unpaired) electrons. The lowest BCUT2D eigenvalue weighted by Crippen LogP contribution is -2.48. The Labute approximate surface area is 178 Å². The fraction of sp³-hybridized carbons (Fsp3) is 0.421. The highest BCUT2D eigenvalue weighted by Crippen LogP contribution is 2.29. The minimum Gasteiger partial charge on any atom is -0.352 e. The lowest BCUT2D eigenvalue weighted by molar-refractivity contribution is -0.125. The van der Waals surface area contributed by atoms with Gasteiger partial charge in [0.05, 0.1) is 10.0 Å². The Bertz CT molecular complexity index is 873. The molecule has 0 spiro atoms. The first kappa shape index (κ1) is 20.9. The molecule has 2 atom stereocenters. The van der Waals surface area contributed by atoms with Gasteiger partial charge in [-0.15, -0.1) is 11.3 Å². The normalized spacial score (nSPS) is 17.4. The van der Waals surface area contributed by atoms with Crippen LogP contribution in [0.15, 0.2) is 23.6 Å². The third-order valence-electron chi connectivity index (χ3n) is 4.71. The predicted molar refractivity (Wildman–Crippen MR) is 114 cm³/mol. The molecule has 0 saturated carbocycles. The number of nitrogens with one attached hydrogen (secondary N) is 2. The fourth-order valence-corrected chi connectivity index (χ4v) is 4.00. The Hall–Kier alpha value is -1.83. The summed E-state index contributed by atoms with van der Waals surface area (Å²) in [6.45, 7) is 4.53. The van der Waals surface area contributed by atoms with Gasteiger partial charge in [-0.05, 0) is 44.4 Å². The third kappa shape index (κ3) is 4.77. The van der Waals surface area contributed by atoms with Gasteiger partial charge in [0.1, 0.15) is 11.7 Å². The first-order valence-corrected chi connectivity index (χ1v) is 10.8. The number of hydrogen-bond acceptors (Lipinski definition) is 5. The van der Waals surface area contributed by atoms with Crippen molar-refractivity contribution in [3.8, 4) is 0 Å². The van der Waals surface area contributed by atoms with Crippen LogP contribution < -0.4 is 10.6 Å². The van der Waals surface area contributed by atoms with Crippen molar-refractivity contribution in [2.75, 3.05) is 11.9 Å². The second-order valence-electron chi connectivity index (χ2n) is 6.77. The molecule has 2 N–H and O–H groups in total. The zero-order valence-electron chi connectivity index (χ0n) is 15.7. The first-order valence-electron chi connectivity index (χ1n) is 9.18. The molecule has 3 rings (SSSR count). The summed E-state index contributed by atoms with van der Waals surface area (Å²) < 4.78 is 0. The van der Waals surface area contributed by atoms with Gasteiger partial charge in [0.25, 0.3) is 5.91 Å². The number of carbonyl (C=O) groups is 2. The molecular formula is C19H22Cl2N4O2S.